The molecule has 2 aromatic rings. The van der Waals surface area contributed by atoms with Crippen molar-refractivity contribution in [3.63, 3.8) is 0 Å². The van der Waals surface area contributed by atoms with Crippen LogP contribution in [0.25, 0.3) is 0 Å². The number of rotatable bonds is 6. The first-order valence-corrected chi connectivity index (χ1v) is 10.1. The van der Waals surface area contributed by atoms with Crippen LogP contribution in [0.4, 0.5) is 0 Å². The Morgan fingerprint density at radius 1 is 1.36 bits per heavy atom. The van der Waals surface area contributed by atoms with Crippen molar-refractivity contribution in [3.8, 4) is 5.75 Å². The van der Waals surface area contributed by atoms with Crippen molar-refractivity contribution in [2.45, 2.75) is 33.2 Å². The van der Waals surface area contributed by atoms with Gasteiger partial charge >= 0.3 is 0 Å². The normalized spacial score (nSPS) is 18.1. The van der Waals surface area contributed by atoms with Gasteiger partial charge in [-0.1, -0.05) is 17.7 Å². The van der Waals surface area contributed by atoms with Crippen LogP contribution in [0.15, 0.2) is 30.5 Å². The molecule has 2 heterocycles. The van der Waals surface area contributed by atoms with Crippen LogP contribution in [-0.2, 0) is 0 Å². The Hall–Kier alpha value is -2.11. The van der Waals surface area contributed by atoms with Gasteiger partial charge in [-0.2, -0.15) is 0 Å². The molecule has 1 N–H and O–H groups in total. The highest BCUT2D eigenvalue weighted by Gasteiger charge is 2.28. The first kappa shape index (κ1) is 20.6. The summed E-state index contributed by atoms with van der Waals surface area (Å²) >= 11 is 6.06. The van der Waals surface area contributed by atoms with Gasteiger partial charge in [0, 0.05) is 25.3 Å². The van der Waals surface area contributed by atoms with Crippen LogP contribution in [0.3, 0.4) is 0 Å². The number of hydrogen-bond acceptors (Lipinski definition) is 4. The molecule has 6 heteroatoms. The van der Waals surface area contributed by atoms with Crippen LogP contribution in [0.5, 0.6) is 5.75 Å². The molecular weight excluding hydrogens is 374 g/mol. The molecule has 150 valence electrons. The molecule has 1 aromatic carbocycles. The molecular formula is C22H28ClN3O2. The van der Waals surface area contributed by atoms with Crippen molar-refractivity contribution in [1.29, 1.82) is 0 Å². The quantitative estimate of drug-likeness (QED) is 0.789. The highest BCUT2D eigenvalue weighted by atomic mass is 35.5. The van der Waals surface area contributed by atoms with E-state index in [-0.39, 0.29) is 11.6 Å². The summed E-state index contributed by atoms with van der Waals surface area (Å²) in [5.41, 5.74) is 4.11. The number of pyridine rings is 1. The molecule has 0 radical (unpaired) electrons. The van der Waals surface area contributed by atoms with Gasteiger partial charge in [0.2, 0.25) is 0 Å². The highest BCUT2D eigenvalue weighted by Crippen LogP contribution is 2.33. The smallest absolute Gasteiger partial charge is 0.271 e. The number of carbonyl (C=O) groups excluding carboxylic acids is 1. The van der Waals surface area contributed by atoms with Crippen LogP contribution in [0.2, 0.25) is 5.02 Å². The number of nitrogens with one attached hydrogen (secondary N) is 1. The lowest BCUT2D eigenvalue weighted by Gasteiger charge is -2.27. The molecule has 0 spiro atoms. The number of carbonyl (C=O) groups is 1. The molecule has 1 saturated heterocycles. The number of methoxy groups -OCH3 is 1. The lowest BCUT2D eigenvalue weighted by atomic mass is 9.96. The van der Waals surface area contributed by atoms with Gasteiger partial charge in [0.15, 0.2) is 0 Å². The van der Waals surface area contributed by atoms with E-state index in [9.17, 15) is 4.79 Å². The van der Waals surface area contributed by atoms with Crippen LogP contribution >= 0.6 is 11.6 Å². The maximum absolute atomic E-state index is 12.3. The van der Waals surface area contributed by atoms with Crippen molar-refractivity contribution in [2.75, 3.05) is 26.7 Å². The zero-order chi connectivity index (χ0) is 20.3. The third-order valence-electron chi connectivity index (χ3n) is 5.84. The minimum Gasteiger partial charge on any atom is -0.496 e. The topological polar surface area (TPSA) is 54.5 Å². The van der Waals surface area contributed by atoms with Gasteiger partial charge in [0.05, 0.1) is 12.1 Å². The molecule has 3 rings (SSSR count). The summed E-state index contributed by atoms with van der Waals surface area (Å²) < 4.78 is 5.43. The molecule has 5 nitrogen and oxygen atoms in total. The summed E-state index contributed by atoms with van der Waals surface area (Å²) in [5.74, 6) is 1.15. The average molecular weight is 402 g/mol. The zero-order valence-electron chi connectivity index (χ0n) is 17.0. The monoisotopic (exact) mass is 401 g/mol. The number of aromatic nitrogens is 1. The Balaban J connectivity index is 1.59. The predicted molar refractivity (Wildman–Crippen MR) is 112 cm³/mol. The number of amides is 1. The Labute approximate surface area is 172 Å². The van der Waals surface area contributed by atoms with E-state index >= 15 is 0 Å². The van der Waals surface area contributed by atoms with E-state index in [4.69, 9.17) is 16.3 Å². The predicted octanol–water partition coefficient (Wildman–Crippen LogP) is 4.17. The number of nitrogens with zero attached hydrogens (tertiary/aromatic N) is 2. The molecule has 28 heavy (non-hydrogen) atoms. The van der Waals surface area contributed by atoms with E-state index in [1.165, 1.54) is 16.7 Å². The summed E-state index contributed by atoms with van der Waals surface area (Å²) in [4.78, 5) is 18.9. The molecule has 1 aromatic heterocycles. The van der Waals surface area contributed by atoms with Crippen LogP contribution < -0.4 is 10.1 Å². The summed E-state index contributed by atoms with van der Waals surface area (Å²) in [6, 6.07) is 7.96. The molecule has 1 aliphatic heterocycles. The number of ether oxygens (including phenoxy) is 1. The highest BCUT2D eigenvalue weighted by molar-refractivity contribution is 6.33. The first-order valence-electron chi connectivity index (χ1n) is 9.69. The van der Waals surface area contributed by atoms with E-state index in [1.54, 1.807) is 25.4 Å². The Morgan fingerprint density at radius 3 is 2.86 bits per heavy atom. The summed E-state index contributed by atoms with van der Waals surface area (Å²) in [6.45, 7) is 9.14. The molecule has 0 saturated carbocycles. The van der Waals surface area contributed by atoms with Gasteiger partial charge < -0.3 is 10.1 Å². The van der Waals surface area contributed by atoms with Gasteiger partial charge in [-0.3, -0.25) is 9.69 Å². The van der Waals surface area contributed by atoms with E-state index < -0.39 is 0 Å². The van der Waals surface area contributed by atoms with Crippen LogP contribution in [-0.4, -0.2) is 42.5 Å². The third-order valence-corrected chi connectivity index (χ3v) is 6.14. The number of likely N-dealkylation sites (tertiary alicyclic amines) is 1. The van der Waals surface area contributed by atoms with Gasteiger partial charge in [0.1, 0.15) is 11.4 Å². The largest absolute Gasteiger partial charge is 0.496 e. The number of hydrogen-bond donors (Lipinski definition) is 1. The van der Waals surface area contributed by atoms with Crippen molar-refractivity contribution >= 4 is 17.5 Å². The molecule has 1 aliphatic rings. The zero-order valence-corrected chi connectivity index (χ0v) is 17.7. The average Bonchev–Trinajstić information content (AvgIpc) is 3.17. The number of halogens is 1. The van der Waals surface area contributed by atoms with E-state index in [0.29, 0.717) is 23.5 Å². The van der Waals surface area contributed by atoms with Gasteiger partial charge in [-0.15, -0.1) is 0 Å². The van der Waals surface area contributed by atoms with Crippen LogP contribution in [0, 0.1) is 19.8 Å². The van der Waals surface area contributed by atoms with Crippen molar-refractivity contribution in [2.24, 2.45) is 5.92 Å². The third kappa shape index (κ3) is 4.31. The summed E-state index contributed by atoms with van der Waals surface area (Å²) in [7, 11) is 1.71. The Morgan fingerprint density at radius 2 is 2.14 bits per heavy atom. The number of benzene rings is 1. The first-order chi connectivity index (χ1) is 13.4. The Bertz CT molecular complexity index is 856. The SMILES string of the molecule is COc1ccc([C@@H](C)N2CC[C@H](CNC(=O)c3ncccc3Cl)C2)c(C)c1C. The minimum absolute atomic E-state index is 0.210. The standard InChI is InChI=1S/C22H28ClN3O2/c1-14-15(2)20(28-4)8-7-18(14)16(3)26-11-9-17(13-26)12-25-22(27)21-19(23)6-5-10-24-21/h5-8,10,16-17H,9,11-13H2,1-4H3,(H,25,27)/t16-,17-/m1/s1. The van der Waals surface area contributed by atoms with Gasteiger partial charge in [-0.25, -0.2) is 4.98 Å². The Kier molecular flexibility index (Phi) is 6.57. The van der Waals surface area contributed by atoms with Crippen molar-refractivity contribution in [1.82, 2.24) is 15.2 Å². The molecule has 1 fully saturated rings. The van der Waals surface area contributed by atoms with Gasteiger partial charge in [0.25, 0.3) is 5.91 Å². The fourth-order valence-electron chi connectivity index (χ4n) is 3.94. The molecule has 2 atom stereocenters. The molecule has 1 amide bonds. The maximum Gasteiger partial charge on any atom is 0.271 e. The summed E-state index contributed by atoms with van der Waals surface area (Å²) in [6.07, 6.45) is 2.65. The second-order valence-electron chi connectivity index (χ2n) is 7.48. The van der Waals surface area contributed by atoms with Crippen LogP contribution in [0.1, 0.15) is 46.6 Å². The van der Waals surface area contributed by atoms with Gasteiger partial charge in [-0.05, 0) is 74.5 Å². The van der Waals surface area contributed by atoms with E-state index in [0.717, 1.165) is 25.3 Å². The second-order valence-corrected chi connectivity index (χ2v) is 7.88. The van der Waals surface area contributed by atoms with E-state index in [2.05, 4.69) is 48.1 Å². The summed E-state index contributed by atoms with van der Waals surface area (Å²) in [5, 5.41) is 3.37. The minimum atomic E-state index is -0.210. The van der Waals surface area contributed by atoms with E-state index in [1.807, 2.05) is 0 Å². The lowest BCUT2D eigenvalue weighted by Crippen LogP contribution is -2.32. The van der Waals surface area contributed by atoms with Crippen molar-refractivity contribution in [3.05, 3.63) is 57.9 Å². The molecule has 0 unspecified atom stereocenters. The maximum atomic E-state index is 12.3. The second kappa shape index (κ2) is 8.93. The lowest BCUT2D eigenvalue weighted by molar-refractivity contribution is 0.0942. The molecule has 0 bridgehead atoms. The fourth-order valence-corrected chi connectivity index (χ4v) is 4.15. The van der Waals surface area contributed by atoms with Crippen molar-refractivity contribution < 1.29 is 9.53 Å². The molecule has 0 aliphatic carbocycles. The fraction of sp³-hybridized carbons (Fsp3) is 0.455.